The van der Waals surface area contributed by atoms with E-state index in [-0.39, 0.29) is 17.9 Å². The Hall–Kier alpha value is -1.28. The number of sulfonamides is 1. The Bertz CT molecular complexity index is 770. The maximum absolute atomic E-state index is 13.9. The first-order valence-corrected chi connectivity index (χ1v) is 10.4. The van der Waals surface area contributed by atoms with Gasteiger partial charge < -0.3 is 0 Å². The number of likely N-dealkylation sites (tertiary alicyclic amines) is 1. The molecule has 1 atom stereocenters. The smallest absolute Gasteiger partial charge is 0.250 e. The van der Waals surface area contributed by atoms with Crippen LogP contribution < -0.4 is 4.72 Å². The summed E-state index contributed by atoms with van der Waals surface area (Å²) >= 11 is 1.22. The first-order valence-electron chi connectivity index (χ1n) is 8.01. The summed E-state index contributed by atoms with van der Waals surface area (Å²) in [5.41, 5.74) is 0.690. The number of halogens is 1. The molecule has 1 unspecified atom stereocenters. The molecule has 2 aromatic rings. The molecule has 0 bridgehead atoms. The predicted octanol–water partition coefficient (Wildman–Crippen LogP) is 3.39. The summed E-state index contributed by atoms with van der Waals surface area (Å²) in [6, 6.07) is 10.1. The van der Waals surface area contributed by atoms with Gasteiger partial charge in [0, 0.05) is 30.7 Å². The number of piperidine rings is 1. The molecule has 1 N–H and O–H groups in total. The minimum Gasteiger partial charge on any atom is -0.296 e. The zero-order valence-electron chi connectivity index (χ0n) is 13.5. The number of benzene rings is 1. The van der Waals surface area contributed by atoms with Crippen LogP contribution in [0, 0.1) is 5.82 Å². The van der Waals surface area contributed by atoms with Crippen LogP contribution in [0.25, 0.3) is 0 Å². The number of rotatable bonds is 5. The van der Waals surface area contributed by atoms with Crippen molar-refractivity contribution in [3.63, 3.8) is 0 Å². The first kappa shape index (κ1) is 17.5. The fourth-order valence-corrected chi connectivity index (χ4v) is 5.42. The van der Waals surface area contributed by atoms with Gasteiger partial charge in [0.2, 0.25) is 10.0 Å². The topological polar surface area (TPSA) is 49.4 Å². The fraction of sp³-hybridized carbons (Fsp3) is 0.412. The van der Waals surface area contributed by atoms with Crippen LogP contribution in [0.3, 0.4) is 0 Å². The molecule has 1 saturated heterocycles. The van der Waals surface area contributed by atoms with Gasteiger partial charge in [-0.3, -0.25) is 4.90 Å². The molecule has 0 aliphatic carbocycles. The predicted molar refractivity (Wildman–Crippen MR) is 94.1 cm³/mol. The Labute approximate surface area is 146 Å². The molecule has 7 heteroatoms. The second kappa shape index (κ2) is 7.31. The standard InChI is InChI=1S/C17H21FN2O2S2/c1-13(15-5-2-3-6-16(15)18)20-10-8-14(9-11-20)19-24(21,22)17-7-4-12-23-17/h2-7,12-14,19H,8-11H2,1H3. The van der Waals surface area contributed by atoms with Crippen LogP contribution in [0.1, 0.15) is 31.4 Å². The average molecular weight is 368 g/mol. The van der Waals surface area contributed by atoms with E-state index >= 15 is 0 Å². The summed E-state index contributed by atoms with van der Waals surface area (Å²) in [5, 5.41) is 1.76. The van der Waals surface area contributed by atoms with E-state index < -0.39 is 10.0 Å². The summed E-state index contributed by atoms with van der Waals surface area (Å²) in [6.45, 7) is 3.48. The maximum atomic E-state index is 13.9. The quantitative estimate of drug-likeness (QED) is 0.880. The third-order valence-corrected chi connectivity index (χ3v) is 7.43. The number of hydrogen-bond donors (Lipinski definition) is 1. The van der Waals surface area contributed by atoms with Crippen LogP contribution in [0.2, 0.25) is 0 Å². The third kappa shape index (κ3) is 3.85. The van der Waals surface area contributed by atoms with Gasteiger partial charge in [0.25, 0.3) is 0 Å². The number of nitrogens with zero attached hydrogens (tertiary/aromatic N) is 1. The van der Waals surface area contributed by atoms with Crippen molar-refractivity contribution in [1.82, 2.24) is 9.62 Å². The van der Waals surface area contributed by atoms with Gasteiger partial charge in [-0.15, -0.1) is 11.3 Å². The van der Waals surface area contributed by atoms with Crippen LogP contribution in [0.5, 0.6) is 0 Å². The van der Waals surface area contributed by atoms with E-state index in [2.05, 4.69) is 9.62 Å². The molecule has 1 aliphatic heterocycles. The minimum atomic E-state index is -3.42. The van der Waals surface area contributed by atoms with E-state index in [0.717, 1.165) is 25.9 Å². The van der Waals surface area contributed by atoms with Crippen molar-refractivity contribution in [3.05, 3.63) is 53.2 Å². The zero-order valence-corrected chi connectivity index (χ0v) is 15.1. The van der Waals surface area contributed by atoms with Crippen molar-refractivity contribution in [3.8, 4) is 0 Å². The highest BCUT2D eigenvalue weighted by atomic mass is 32.2. The van der Waals surface area contributed by atoms with Gasteiger partial charge in [0.05, 0.1) is 0 Å². The van der Waals surface area contributed by atoms with Crippen molar-refractivity contribution in [1.29, 1.82) is 0 Å². The van der Waals surface area contributed by atoms with E-state index in [1.54, 1.807) is 23.6 Å². The molecule has 1 aromatic heterocycles. The summed E-state index contributed by atoms with van der Waals surface area (Å²) in [6.07, 6.45) is 1.45. The molecule has 24 heavy (non-hydrogen) atoms. The van der Waals surface area contributed by atoms with E-state index in [0.29, 0.717) is 9.77 Å². The zero-order chi connectivity index (χ0) is 17.2. The molecule has 130 valence electrons. The van der Waals surface area contributed by atoms with E-state index in [4.69, 9.17) is 0 Å². The monoisotopic (exact) mass is 368 g/mol. The van der Waals surface area contributed by atoms with Crippen molar-refractivity contribution >= 4 is 21.4 Å². The third-order valence-electron chi connectivity index (χ3n) is 4.51. The van der Waals surface area contributed by atoms with E-state index in [1.807, 2.05) is 19.1 Å². The van der Waals surface area contributed by atoms with E-state index in [1.165, 1.54) is 17.4 Å². The lowest BCUT2D eigenvalue weighted by Gasteiger charge is -2.36. The molecule has 0 radical (unpaired) electrons. The minimum absolute atomic E-state index is 0.0129. The first-order chi connectivity index (χ1) is 11.5. The van der Waals surface area contributed by atoms with Crippen LogP contribution in [0.15, 0.2) is 46.0 Å². The highest BCUT2D eigenvalue weighted by molar-refractivity contribution is 7.91. The van der Waals surface area contributed by atoms with Gasteiger partial charge >= 0.3 is 0 Å². The summed E-state index contributed by atoms with van der Waals surface area (Å²) in [5.74, 6) is -0.189. The van der Waals surface area contributed by atoms with Crippen molar-refractivity contribution in [2.75, 3.05) is 13.1 Å². The largest absolute Gasteiger partial charge is 0.296 e. The number of hydrogen-bond acceptors (Lipinski definition) is 4. The SMILES string of the molecule is CC(c1ccccc1F)N1CCC(NS(=O)(=O)c2cccs2)CC1. The molecule has 3 rings (SSSR count). The van der Waals surface area contributed by atoms with E-state index in [9.17, 15) is 12.8 Å². The van der Waals surface area contributed by atoms with Crippen LogP contribution in [-0.4, -0.2) is 32.4 Å². The molecule has 1 aliphatic rings. The molecule has 2 heterocycles. The molecule has 1 aromatic carbocycles. The normalized spacial score (nSPS) is 18.6. The van der Waals surface area contributed by atoms with Gasteiger partial charge in [0.15, 0.2) is 0 Å². The molecule has 0 spiro atoms. The average Bonchev–Trinajstić information content (AvgIpc) is 3.10. The van der Waals surface area contributed by atoms with Crippen molar-refractivity contribution in [2.24, 2.45) is 0 Å². The Kier molecular flexibility index (Phi) is 5.34. The summed E-state index contributed by atoms with van der Waals surface area (Å²) < 4.78 is 41.6. The summed E-state index contributed by atoms with van der Waals surface area (Å²) in [7, 11) is -3.42. The molecular weight excluding hydrogens is 347 g/mol. The van der Waals surface area contributed by atoms with Gasteiger partial charge in [0.1, 0.15) is 10.0 Å². The lowest BCUT2D eigenvalue weighted by Crippen LogP contribution is -2.45. The second-order valence-corrected chi connectivity index (χ2v) is 8.95. The second-order valence-electron chi connectivity index (χ2n) is 6.06. The molecule has 0 saturated carbocycles. The molecule has 4 nitrogen and oxygen atoms in total. The van der Waals surface area contributed by atoms with Gasteiger partial charge in [-0.1, -0.05) is 24.3 Å². The maximum Gasteiger partial charge on any atom is 0.250 e. The highest BCUT2D eigenvalue weighted by Gasteiger charge is 2.28. The van der Waals surface area contributed by atoms with Crippen LogP contribution >= 0.6 is 11.3 Å². The lowest BCUT2D eigenvalue weighted by atomic mass is 10.0. The molecule has 1 fully saturated rings. The van der Waals surface area contributed by atoms with Crippen LogP contribution in [-0.2, 0) is 10.0 Å². The van der Waals surface area contributed by atoms with Crippen molar-refractivity contribution < 1.29 is 12.8 Å². The molecule has 0 amide bonds. The van der Waals surface area contributed by atoms with Crippen molar-refractivity contribution in [2.45, 2.75) is 36.1 Å². The summed E-state index contributed by atoms with van der Waals surface area (Å²) in [4.78, 5) is 2.20. The number of nitrogens with one attached hydrogen (secondary N) is 1. The lowest BCUT2D eigenvalue weighted by molar-refractivity contribution is 0.157. The van der Waals surface area contributed by atoms with Gasteiger partial charge in [-0.2, -0.15) is 0 Å². The number of thiophene rings is 1. The molecular formula is C17H21FN2O2S2. The van der Waals surface area contributed by atoms with Gasteiger partial charge in [-0.25, -0.2) is 17.5 Å². The Balaban J connectivity index is 1.59. The van der Waals surface area contributed by atoms with Crippen LogP contribution in [0.4, 0.5) is 4.39 Å². The Morgan fingerprint density at radius 1 is 1.21 bits per heavy atom. The Morgan fingerprint density at radius 3 is 2.54 bits per heavy atom. The van der Waals surface area contributed by atoms with Gasteiger partial charge in [-0.05, 0) is 37.3 Å². The Morgan fingerprint density at radius 2 is 1.92 bits per heavy atom. The fourth-order valence-electron chi connectivity index (χ4n) is 3.11. The highest BCUT2D eigenvalue weighted by Crippen LogP contribution is 2.26.